The van der Waals surface area contributed by atoms with E-state index < -0.39 is 27.7 Å². The fraction of sp³-hybridized carbons (Fsp3) is 0.200. The molecule has 6 nitrogen and oxygen atoms in total. The van der Waals surface area contributed by atoms with Crippen LogP contribution in [0.2, 0.25) is 0 Å². The monoisotopic (exact) mass is 418 g/mol. The summed E-state index contributed by atoms with van der Waals surface area (Å²) in [6.45, 7) is 0. The Morgan fingerprint density at radius 3 is 2.04 bits per heavy atom. The predicted octanol–water partition coefficient (Wildman–Crippen LogP) is 2.33. The molecule has 0 spiro atoms. The molecule has 2 aromatic rings. The number of hydrogen-bond acceptors (Lipinski definition) is 4. The van der Waals surface area contributed by atoms with E-state index in [1.165, 1.54) is 0 Å². The molecule has 0 aliphatic carbocycles. The van der Waals surface area contributed by atoms with E-state index in [1.807, 2.05) is 0 Å². The summed E-state index contributed by atoms with van der Waals surface area (Å²) >= 11 is 6.43. The number of benzene rings is 2. The molecular formula is C20H19ClN2O4S. The Balaban J connectivity index is 1.88. The molecule has 28 heavy (non-hydrogen) atoms. The zero-order valence-electron chi connectivity index (χ0n) is 14.9. The van der Waals surface area contributed by atoms with Gasteiger partial charge in [0.05, 0.1) is 16.5 Å². The van der Waals surface area contributed by atoms with Gasteiger partial charge in [0.2, 0.25) is 0 Å². The number of carbonyl (C=O) groups excluding carboxylic acids is 2. The number of nitrogens with one attached hydrogen (secondary N) is 2. The zero-order valence-corrected chi connectivity index (χ0v) is 16.5. The van der Waals surface area contributed by atoms with Gasteiger partial charge in [-0.25, -0.2) is 8.42 Å². The summed E-state index contributed by atoms with van der Waals surface area (Å²) in [6.07, 6.45) is 0.330. The van der Waals surface area contributed by atoms with Gasteiger partial charge in [0.25, 0.3) is 11.8 Å². The molecule has 1 atom stereocenters. The molecular weight excluding hydrogens is 400 g/mol. The Hall–Kier alpha value is -2.64. The number of rotatable bonds is 5. The van der Waals surface area contributed by atoms with Crippen molar-refractivity contribution in [2.75, 3.05) is 11.5 Å². The van der Waals surface area contributed by atoms with Gasteiger partial charge in [-0.2, -0.15) is 0 Å². The van der Waals surface area contributed by atoms with Gasteiger partial charge in [-0.3, -0.25) is 9.59 Å². The Morgan fingerprint density at radius 2 is 1.50 bits per heavy atom. The summed E-state index contributed by atoms with van der Waals surface area (Å²) in [4.78, 5) is 25.4. The van der Waals surface area contributed by atoms with E-state index in [0.717, 1.165) is 0 Å². The van der Waals surface area contributed by atoms with Crippen molar-refractivity contribution in [3.8, 4) is 0 Å². The second kappa shape index (κ2) is 8.58. The highest BCUT2D eigenvalue weighted by atomic mass is 35.5. The van der Waals surface area contributed by atoms with Crippen molar-refractivity contribution in [1.29, 1.82) is 0 Å². The van der Waals surface area contributed by atoms with E-state index in [1.54, 1.807) is 60.7 Å². The highest BCUT2D eigenvalue weighted by Gasteiger charge is 2.30. The van der Waals surface area contributed by atoms with Crippen LogP contribution in [0.1, 0.15) is 22.3 Å². The molecule has 2 N–H and O–H groups in total. The molecule has 1 fully saturated rings. The molecule has 2 amide bonds. The van der Waals surface area contributed by atoms with E-state index in [2.05, 4.69) is 10.6 Å². The molecule has 0 aromatic heterocycles. The lowest BCUT2D eigenvalue weighted by atomic mass is 10.1. The maximum atomic E-state index is 12.8. The van der Waals surface area contributed by atoms with Gasteiger partial charge in [0.15, 0.2) is 9.84 Å². The molecule has 2 aromatic carbocycles. The number of halogens is 1. The Bertz CT molecular complexity index is 1010. The molecule has 1 saturated heterocycles. The van der Waals surface area contributed by atoms with Gasteiger partial charge >= 0.3 is 0 Å². The normalized spacial score (nSPS) is 18.8. The minimum Gasteiger partial charge on any atom is -0.347 e. The summed E-state index contributed by atoms with van der Waals surface area (Å²) in [7, 11) is -3.16. The largest absolute Gasteiger partial charge is 0.347 e. The quantitative estimate of drug-likeness (QED) is 0.729. The number of sulfone groups is 1. The van der Waals surface area contributed by atoms with Gasteiger partial charge in [-0.05, 0) is 24.1 Å². The first-order valence-electron chi connectivity index (χ1n) is 8.68. The molecule has 1 aliphatic rings. The van der Waals surface area contributed by atoms with Crippen LogP contribution in [0.3, 0.4) is 0 Å². The van der Waals surface area contributed by atoms with Crippen molar-refractivity contribution in [2.24, 2.45) is 0 Å². The predicted molar refractivity (Wildman–Crippen MR) is 108 cm³/mol. The van der Waals surface area contributed by atoms with Crippen LogP contribution >= 0.6 is 11.6 Å². The van der Waals surface area contributed by atoms with E-state index in [-0.39, 0.29) is 22.2 Å². The third-order valence-corrected chi connectivity index (χ3v) is 6.49. The molecule has 8 heteroatoms. The van der Waals surface area contributed by atoms with Crippen LogP contribution in [0.25, 0.3) is 5.03 Å². The SMILES string of the molecule is O=C(N[C@@H]1CCS(=O)(=O)C1)/C(NC(=O)c1ccccc1)=C(/Cl)c1ccccc1. The highest BCUT2D eigenvalue weighted by Crippen LogP contribution is 2.23. The molecule has 0 bridgehead atoms. The average molecular weight is 419 g/mol. The average Bonchev–Trinajstić information content (AvgIpc) is 3.04. The lowest BCUT2D eigenvalue weighted by Gasteiger charge is -2.16. The van der Waals surface area contributed by atoms with E-state index in [9.17, 15) is 18.0 Å². The highest BCUT2D eigenvalue weighted by molar-refractivity contribution is 7.91. The Kier molecular flexibility index (Phi) is 6.16. The van der Waals surface area contributed by atoms with E-state index in [0.29, 0.717) is 17.5 Å². The summed E-state index contributed by atoms with van der Waals surface area (Å²) < 4.78 is 23.3. The van der Waals surface area contributed by atoms with Crippen molar-refractivity contribution >= 4 is 38.3 Å². The number of hydrogen-bond donors (Lipinski definition) is 2. The topological polar surface area (TPSA) is 92.3 Å². The van der Waals surface area contributed by atoms with Crippen molar-refractivity contribution in [3.63, 3.8) is 0 Å². The van der Waals surface area contributed by atoms with Gasteiger partial charge in [-0.15, -0.1) is 0 Å². The Morgan fingerprint density at radius 1 is 0.929 bits per heavy atom. The van der Waals surface area contributed by atoms with Crippen LogP contribution in [0.4, 0.5) is 0 Å². The summed E-state index contributed by atoms with van der Waals surface area (Å²) in [6, 6.07) is 16.7. The maximum Gasteiger partial charge on any atom is 0.269 e. The molecule has 0 radical (unpaired) electrons. The minimum atomic E-state index is -3.16. The lowest BCUT2D eigenvalue weighted by molar-refractivity contribution is -0.118. The molecule has 1 heterocycles. The first kappa shape index (κ1) is 20.1. The number of amides is 2. The van der Waals surface area contributed by atoms with Crippen molar-refractivity contribution in [1.82, 2.24) is 10.6 Å². The third kappa shape index (κ3) is 4.99. The molecule has 0 unspecified atom stereocenters. The second-order valence-corrected chi connectivity index (χ2v) is 9.06. The smallest absolute Gasteiger partial charge is 0.269 e. The molecule has 146 valence electrons. The van der Waals surface area contributed by atoms with Crippen LogP contribution < -0.4 is 10.6 Å². The number of carbonyl (C=O) groups is 2. The summed E-state index contributed by atoms with van der Waals surface area (Å²) in [5.41, 5.74) is 0.807. The molecule has 1 aliphatic heterocycles. The second-order valence-electron chi connectivity index (χ2n) is 6.45. The van der Waals surface area contributed by atoms with Crippen molar-refractivity contribution in [2.45, 2.75) is 12.5 Å². The van der Waals surface area contributed by atoms with Gasteiger partial charge in [0, 0.05) is 11.6 Å². The third-order valence-electron chi connectivity index (χ3n) is 4.32. The Labute approximate surface area is 168 Å². The van der Waals surface area contributed by atoms with Crippen LogP contribution in [-0.2, 0) is 14.6 Å². The van der Waals surface area contributed by atoms with E-state index >= 15 is 0 Å². The van der Waals surface area contributed by atoms with Gasteiger partial charge in [-0.1, -0.05) is 60.1 Å². The summed E-state index contributed by atoms with van der Waals surface area (Å²) in [5, 5.41) is 5.31. The minimum absolute atomic E-state index is 0.0276. The van der Waals surface area contributed by atoms with Crippen LogP contribution in [-0.4, -0.2) is 37.8 Å². The van der Waals surface area contributed by atoms with E-state index in [4.69, 9.17) is 11.6 Å². The lowest BCUT2D eigenvalue weighted by Crippen LogP contribution is -2.41. The van der Waals surface area contributed by atoms with Crippen LogP contribution in [0.15, 0.2) is 66.4 Å². The van der Waals surface area contributed by atoms with Gasteiger partial charge in [0.1, 0.15) is 5.70 Å². The summed E-state index contributed by atoms with van der Waals surface area (Å²) in [5.74, 6) is -1.21. The maximum absolute atomic E-state index is 12.8. The first-order chi connectivity index (χ1) is 13.4. The van der Waals surface area contributed by atoms with Crippen molar-refractivity contribution < 1.29 is 18.0 Å². The van der Waals surface area contributed by atoms with Crippen molar-refractivity contribution in [3.05, 3.63) is 77.5 Å². The standard InChI is InChI=1S/C20H19ClN2O4S/c21-17(14-7-3-1-4-8-14)18(23-19(24)15-9-5-2-6-10-15)20(25)22-16-11-12-28(26,27)13-16/h1-10,16H,11-13H2,(H,22,25)(H,23,24)/b18-17-/t16-/m1/s1. The van der Waals surface area contributed by atoms with Crippen LogP contribution in [0.5, 0.6) is 0 Å². The fourth-order valence-corrected chi connectivity index (χ4v) is 4.81. The molecule has 0 saturated carbocycles. The molecule has 3 rings (SSSR count). The first-order valence-corrected chi connectivity index (χ1v) is 10.9. The fourth-order valence-electron chi connectivity index (χ4n) is 2.88. The van der Waals surface area contributed by atoms with Crippen LogP contribution in [0, 0.1) is 0 Å². The van der Waals surface area contributed by atoms with Gasteiger partial charge < -0.3 is 10.6 Å². The zero-order chi connectivity index (χ0) is 20.1.